The standard InChI is InChI=1S/C17H21N3/c1-17(10-2-11-18-17)14-5-7-15(8-6-14)20-16(9-12-19-20)13-3-4-13/h5-9,12-13,18H,2-4,10-11H2,1H3. The lowest BCUT2D eigenvalue weighted by Gasteiger charge is -2.25. The second kappa shape index (κ2) is 4.45. The van der Waals surface area contributed by atoms with Crippen LogP contribution in [0.4, 0.5) is 0 Å². The Morgan fingerprint density at radius 2 is 2.00 bits per heavy atom. The van der Waals surface area contributed by atoms with Crippen LogP contribution in [0.5, 0.6) is 0 Å². The molecule has 1 aromatic heterocycles. The van der Waals surface area contributed by atoms with Crippen molar-refractivity contribution in [2.75, 3.05) is 6.54 Å². The molecular formula is C17H21N3. The van der Waals surface area contributed by atoms with Gasteiger partial charge in [0.25, 0.3) is 0 Å². The van der Waals surface area contributed by atoms with Crippen molar-refractivity contribution in [3.8, 4) is 5.69 Å². The summed E-state index contributed by atoms with van der Waals surface area (Å²) >= 11 is 0. The van der Waals surface area contributed by atoms with Gasteiger partial charge in [-0.15, -0.1) is 0 Å². The van der Waals surface area contributed by atoms with E-state index < -0.39 is 0 Å². The maximum Gasteiger partial charge on any atom is 0.0649 e. The van der Waals surface area contributed by atoms with Gasteiger partial charge in [0.1, 0.15) is 0 Å². The number of aromatic nitrogens is 2. The van der Waals surface area contributed by atoms with Crippen molar-refractivity contribution >= 4 is 0 Å². The molecule has 2 fully saturated rings. The predicted octanol–water partition coefficient (Wildman–Crippen LogP) is 3.35. The van der Waals surface area contributed by atoms with Crippen LogP contribution in [0.1, 0.15) is 49.8 Å². The molecule has 1 aromatic carbocycles. The summed E-state index contributed by atoms with van der Waals surface area (Å²) in [5, 5.41) is 8.11. The monoisotopic (exact) mass is 267 g/mol. The number of hydrogen-bond acceptors (Lipinski definition) is 2. The van der Waals surface area contributed by atoms with Crippen molar-refractivity contribution in [3.05, 3.63) is 47.8 Å². The van der Waals surface area contributed by atoms with Crippen LogP contribution in [0.2, 0.25) is 0 Å². The average molecular weight is 267 g/mol. The Morgan fingerprint density at radius 3 is 2.65 bits per heavy atom. The molecule has 0 radical (unpaired) electrons. The van der Waals surface area contributed by atoms with E-state index in [1.54, 1.807) is 0 Å². The summed E-state index contributed by atoms with van der Waals surface area (Å²) in [6.45, 7) is 3.43. The van der Waals surface area contributed by atoms with Gasteiger partial charge in [0, 0.05) is 23.3 Å². The summed E-state index contributed by atoms with van der Waals surface area (Å²) in [5.74, 6) is 0.728. The fourth-order valence-corrected chi connectivity index (χ4v) is 3.33. The zero-order valence-corrected chi connectivity index (χ0v) is 12.0. The van der Waals surface area contributed by atoms with Crippen molar-refractivity contribution in [1.29, 1.82) is 0 Å². The molecule has 1 aliphatic heterocycles. The lowest BCUT2D eigenvalue weighted by Crippen LogP contribution is -2.33. The summed E-state index contributed by atoms with van der Waals surface area (Å²) in [5.41, 5.74) is 4.09. The highest BCUT2D eigenvalue weighted by Gasteiger charge is 2.30. The van der Waals surface area contributed by atoms with Crippen LogP contribution < -0.4 is 5.32 Å². The van der Waals surface area contributed by atoms with E-state index in [1.165, 1.54) is 42.6 Å². The largest absolute Gasteiger partial charge is 0.308 e. The molecule has 4 rings (SSSR count). The first-order chi connectivity index (χ1) is 9.76. The van der Waals surface area contributed by atoms with Gasteiger partial charge in [-0.3, -0.25) is 0 Å². The van der Waals surface area contributed by atoms with Crippen LogP contribution in [-0.4, -0.2) is 16.3 Å². The van der Waals surface area contributed by atoms with Crippen molar-refractivity contribution < 1.29 is 0 Å². The summed E-state index contributed by atoms with van der Waals surface area (Å²) in [6, 6.07) is 11.1. The Kier molecular flexibility index (Phi) is 2.71. The van der Waals surface area contributed by atoms with E-state index in [2.05, 4.69) is 52.4 Å². The number of rotatable bonds is 3. The van der Waals surface area contributed by atoms with Crippen LogP contribution in [0.3, 0.4) is 0 Å². The SMILES string of the molecule is CC1(c2ccc(-n3nccc3C3CC3)cc2)CCCN1. The predicted molar refractivity (Wildman–Crippen MR) is 80.1 cm³/mol. The second-order valence-electron chi connectivity index (χ2n) is 6.35. The molecule has 2 aromatic rings. The van der Waals surface area contributed by atoms with E-state index in [1.807, 2.05) is 6.20 Å². The number of nitrogens with one attached hydrogen (secondary N) is 1. The van der Waals surface area contributed by atoms with E-state index in [0.29, 0.717) is 0 Å². The molecule has 3 heteroatoms. The maximum absolute atomic E-state index is 4.49. The van der Waals surface area contributed by atoms with Gasteiger partial charge < -0.3 is 5.32 Å². The second-order valence-corrected chi connectivity index (χ2v) is 6.35. The Balaban J connectivity index is 1.65. The fourth-order valence-electron chi connectivity index (χ4n) is 3.33. The van der Waals surface area contributed by atoms with Crippen molar-refractivity contribution in [1.82, 2.24) is 15.1 Å². The molecule has 1 unspecified atom stereocenters. The Morgan fingerprint density at radius 1 is 1.20 bits per heavy atom. The molecule has 0 bridgehead atoms. The minimum atomic E-state index is 0.155. The van der Waals surface area contributed by atoms with E-state index >= 15 is 0 Å². The summed E-state index contributed by atoms with van der Waals surface area (Å²) < 4.78 is 2.10. The van der Waals surface area contributed by atoms with Gasteiger partial charge in [-0.05, 0) is 62.9 Å². The zero-order valence-electron chi connectivity index (χ0n) is 12.0. The normalized spacial score (nSPS) is 26.1. The molecule has 104 valence electrons. The minimum Gasteiger partial charge on any atom is -0.308 e. The van der Waals surface area contributed by atoms with Crippen LogP contribution in [0.15, 0.2) is 36.5 Å². The number of benzene rings is 1. The molecule has 1 N–H and O–H groups in total. The molecule has 2 aliphatic rings. The van der Waals surface area contributed by atoms with E-state index in [0.717, 1.165) is 12.5 Å². The minimum absolute atomic E-state index is 0.155. The number of hydrogen-bond donors (Lipinski definition) is 1. The lowest BCUT2D eigenvalue weighted by molar-refractivity contribution is 0.434. The topological polar surface area (TPSA) is 29.9 Å². The maximum atomic E-state index is 4.49. The van der Waals surface area contributed by atoms with Crippen LogP contribution in [0.25, 0.3) is 5.69 Å². The van der Waals surface area contributed by atoms with Crippen molar-refractivity contribution in [2.45, 2.75) is 44.1 Å². The highest BCUT2D eigenvalue weighted by molar-refractivity contribution is 5.39. The van der Waals surface area contributed by atoms with Crippen molar-refractivity contribution in [3.63, 3.8) is 0 Å². The molecule has 1 atom stereocenters. The molecule has 0 amide bonds. The third kappa shape index (κ3) is 1.97. The Bertz CT molecular complexity index is 601. The van der Waals surface area contributed by atoms with Gasteiger partial charge in [0.2, 0.25) is 0 Å². The first-order valence-electron chi connectivity index (χ1n) is 7.66. The molecule has 3 nitrogen and oxygen atoms in total. The van der Waals surface area contributed by atoms with Crippen LogP contribution in [0, 0.1) is 0 Å². The molecule has 20 heavy (non-hydrogen) atoms. The van der Waals surface area contributed by atoms with Gasteiger partial charge in [-0.25, -0.2) is 4.68 Å². The quantitative estimate of drug-likeness (QED) is 0.924. The van der Waals surface area contributed by atoms with E-state index in [-0.39, 0.29) is 5.54 Å². The third-order valence-electron chi connectivity index (χ3n) is 4.79. The van der Waals surface area contributed by atoms with E-state index in [4.69, 9.17) is 0 Å². The summed E-state index contributed by atoms with van der Waals surface area (Å²) in [7, 11) is 0. The van der Waals surface area contributed by atoms with E-state index in [9.17, 15) is 0 Å². The van der Waals surface area contributed by atoms with Crippen LogP contribution in [-0.2, 0) is 5.54 Å². The lowest BCUT2D eigenvalue weighted by atomic mass is 9.90. The van der Waals surface area contributed by atoms with Crippen LogP contribution >= 0.6 is 0 Å². The van der Waals surface area contributed by atoms with Gasteiger partial charge in [-0.1, -0.05) is 12.1 Å². The fraction of sp³-hybridized carbons (Fsp3) is 0.471. The first kappa shape index (κ1) is 12.2. The van der Waals surface area contributed by atoms with Gasteiger partial charge >= 0.3 is 0 Å². The smallest absolute Gasteiger partial charge is 0.0649 e. The molecular weight excluding hydrogens is 246 g/mol. The zero-order chi connectivity index (χ0) is 13.6. The Labute approximate surface area is 120 Å². The average Bonchev–Trinajstić information content (AvgIpc) is 3.03. The first-order valence-corrected chi connectivity index (χ1v) is 7.66. The molecule has 0 spiro atoms. The third-order valence-corrected chi connectivity index (χ3v) is 4.79. The molecule has 2 heterocycles. The van der Waals surface area contributed by atoms with Gasteiger partial charge in [0.15, 0.2) is 0 Å². The highest BCUT2D eigenvalue weighted by Crippen LogP contribution is 2.40. The molecule has 1 saturated heterocycles. The molecule has 1 aliphatic carbocycles. The van der Waals surface area contributed by atoms with Gasteiger partial charge in [-0.2, -0.15) is 5.10 Å². The highest BCUT2D eigenvalue weighted by atomic mass is 15.3. The van der Waals surface area contributed by atoms with Crippen molar-refractivity contribution in [2.24, 2.45) is 0 Å². The summed E-state index contributed by atoms with van der Waals surface area (Å²) in [6.07, 6.45) is 7.03. The van der Waals surface area contributed by atoms with Gasteiger partial charge in [0.05, 0.1) is 5.69 Å². The summed E-state index contributed by atoms with van der Waals surface area (Å²) in [4.78, 5) is 0. The Hall–Kier alpha value is -1.61. The molecule has 1 saturated carbocycles. The number of nitrogens with zero attached hydrogens (tertiary/aromatic N) is 2.